The maximum Gasteiger partial charge on any atom is 0.305 e. The number of ether oxygens (including phenoxy) is 1. The first-order chi connectivity index (χ1) is 35.5. The molecular weight excluding hydrogens is 887 g/mol. The fourth-order valence-corrected chi connectivity index (χ4v) is 9.40. The summed E-state index contributed by atoms with van der Waals surface area (Å²) in [6.07, 6.45) is 79.8. The van der Waals surface area contributed by atoms with Gasteiger partial charge in [0, 0.05) is 12.8 Å². The Labute approximate surface area is 448 Å². The Bertz CT molecular complexity index is 1250. The smallest absolute Gasteiger partial charge is 0.305 e. The number of aliphatic hydroxyl groups excluding tert-OH is 2. The summed E-state index contributed by atoms with van der Waals surface area (Å²) in [6, 6.07) is -0.630. The number of hydrogen-bond donors (Lipinski definition) is 3. The summed E-state index contributed by atoms with van der Waals surface area (Å²) in [5.41, 5.74) is 0. The third-order valence-electron chi connectivity index (χ3n) is 14.3. The van der Waals surface area contributed by atoms with Gasteiger partial charge in [0.1, 0.15) is 0 Å². The van der Waals surface area contributed by atoms with Gasteiger partial charge in [-0.1, -0.05) is 274 Å². The van der Waals surface area contributed by atoms with Gasteiger partial charge in [0.2, 0.25) is 5.91 Å². The molecule has 0 spiro atoms. The summed E-state index contributed by atoms with van der Waals surface area (Å²) in [7, 11) is 0. The molecule has 0 saturated carbocycles. The quantitative estimate of drug-likeness (QED) is 0.0320. The number of hydrogen-bond acceptors (Lipinski definition) is 5. The summed E-state index contributed by atoms with van der Waals surface area (Å²) in [6.45, 7) is 4.86. The van der Waals surface area contributed by atoms with Crippen LogP contribution in [0, 0.1) is 0 Å². The van der Waals surface area contributed by atoms with E-state index in [1.165, 1.54) is 238 Å². The minimum Gasteiger partial charge on any atom is -0.466 e. The molecule has 0 aliphatic rings. The lowest BCUT2D eigenvalue weighted by atomic mass is 10.0. The van der Waals surface area contributed by atoms with Gasteiger partial charge in [-0.25, -0.2) is 0 Å². The van der Waals surface area contributed by atoms with Crippen molar-refractivity contribution >= 4 is 11.9 Å². The summed E-state index contributed by atoms with van der Waals surface area (Å²) in [4.78, 5) is 24.5. The van der Waals surface area contributed by atoms with Crippen LogP contribution >= 0.6 is 0 Å². The van der Waals surface area contributed by atoms with Crippen molar-refractivity contribution in [1.29, 1.82) is 0 Å². The Morgan fingerprint density at radius 1 is 0.389 bits per heavy atom. The van der Waals surface area contributed by atoms with E-state index in [0.29, 0.717) is 19.4 Å². The minimum atomic E-state index is -0.846. The first-order valence-electron chi connectivity index (χ1n) is 31.6. The van der Waals surface area contributed by atoms with Gasteiger partial charge in [-0.05, 0) is 96.3 Å². The number of allylic oxidation sites excluding steroid dienone is 9. The zero-order valence-corrected chi connectivity index (χ0v) is 47.9. The topological polar surface area (TPSA) is 95.9 Å². The van der Waals surface area contributed by atoms with E-state index >= 15 is 0 Å². The van der Waals surface area contributed by atoms with Crippen LogP contribution < -0.4 is 5.32 Å². The van der Waals surface area contributed by atoms with Gasteiger partial charge in [-0.3, -0.25) is 9.59 Å². The van der Waals surface area contributed by atoms with Crippen molar-refractivity contribution in [2.45, 2.75) is 334 Å². The van der Waals surface area contributed by atoms with Crippen molar-refractivity contribution in [3.63, 3.8) is 0 Å². The number of carbonyl (C=O) groups excluding carboxylic acids is 2. The Morgan fingerprint density at radius 2 is 0.694 bits per heavy atom. The molecule has 72 heavy (non-hydrogen) atoms. The summed E-state index contributed by atoms with van der Waals surface area (Å²) in [5, 5.41) is 23.0. The van der Waals surface area contributed by atoms with Crippen molar-refractivity contribution in [3.05, 3.63) is 60.8 Å². The van der Waals surface area contributed by atoms with Gasteiger partial charge in [0.15, 0.2) is 0 Å². The third kappa shape index (κ3) is 56.8. The number of amides is 1. The largest absolute Gasteiger partial charge is 0.466 e. The van der Waals surface area contributed by atoms with Crippen molar-refractivity contribution in [1.82, 2.24) is 5.32 Å². The van der Waals surface area contributed by atoms with Gasteiger partial charge < -0.3 is 20.3 Å². The third-order valence-corrected chi connectivity index (χ3v) is 14.3. The monoisotopic (exact) mass is 1010 g/mol. The van der Waals surface area contributed by atoms with Crippen LogP contribution in [0.4, 0.5) is 0 Å². The lowest BCUT2D eigenvalue weighted by Crippen LogP contribution is -2.45. The lowest BCUT2D eigenvalue weighted by molar-refractivity contribution is -0.143. The number of aliphatic hydroxyl groups is 2. The molecule has 0 aromatic rings. The Kier molecular flexibility index (Phi) is 59.0. The van der Waals surface area contributed by atoms with Crippen LogP contribution in [0.1, 0.15) is 322 Å². The molecule has 1 amide bonds. The fourth-order valence-electron chi connectivity index (χ4n) is 9.40. The Hall–Kier alpha value is -2.44. The highest BCUT2D eigenvalue weighted by atomic mass is 16.5. The van der Waals surface area contributed by atoms with E-state index in [-0.39, 0.29) is 18.5 Å². The van der Waals surface area contributed by atoms with Gasteiger partial charge in [0.25, 0.3) is 0 Å². The van der Waals surface area contributed by atoms with Crippen molar-refractivity contribution in [2.24, 2.45) is 0 Å². The van der Waals surface area contributed by atoms with Crippen LogP contribution in [0.3, 0.4) is 0 Å². The zero-order valence-electron chi connectivity index (χ0n) is 47.9. The molecule has 6 nitrogen and oxygen atoms in total. The average Bonchev–Trinajstić information content (AvgIpc) is 3.38. The highest BCUT2D eigenvalue weighted by molar-refractivity contribution is 5.76. The van der Waals surface area contributed by atoms with Crippen molar-refractivity contribution < 1.29 is 24.5 Å². The predicted molar refractivity (Wildman–Crippen MR) is 315 cm³/mol. The molecule has 420 valence electrons. The van der Waals surface area contributed by atoms with E-state index < -0.39 is 12.1 Å². The van der Waals surface area contributed by atoms with Crippen LogP contribution in [-0.4, -0.2) is 47.4 Å². The normalized spacial score (nSPS) is 13.0. The molecule has 2 atom stereocenters. The highest BCUT2D eigenvalue weighted by Crippen LogP contribution is 2.16. The molecule has 0 rings (SSSR count). The second-order valence-electron chi connectivity index (χ2n) is 21.4. The summed E-state index contributed by atoms with van der Waals surface area (Å²) in [5.74, 6) is -0.0710. The number of nitrogens with one attached hydrogen (secondary N) is 1. The van der Waals surface area contributed by atoms with Gasteiger partial charge in [-0.15, -0.1) is 0 Å². The molecule has 0 fully saturated rings. The second kappa shape index (κ2) is 61.1. The number of carbonyl (C=O) groups is 2. The van der Waals surface area contributed by atoms with Gasteiger partial charge >= 0.3 is 5.97 Å². The van der Waals surface area contributed by atoms with Gasteiger partial charge in [0.05, 0.1) is 25.4 Å². The first-order valence-corrected chi connectivity index (χ1v) is 31.6. The molecule has 0 radical (unpaired) electrons. The molecule has 0 aromatic heterocycles. The first kappa shape index (κ1) is 69.6. The number of unbranched alkanes of at least 4 members (excludes halogenated alkanes) is 39. The molecule has 3 N–H and O–H groups in total. The maximum atomic E-state index is 12.4. The summed E-state index contributed by atoms with van der Waals surface area (Å²) >= 11 is 0. The van der Waals surface area contributed by atoms with Crippen LogP contribution in [0.25, 0.3) is 0 Å². The average molecular weight is 1010 g/mol. The van der Waals surface area contributed by atoms with E-state index in [4.69, 9.17) is 4.74 Å². The molecule has 6 heteroatoms. The summed E-state index contributed by atoms with van der Waals surface area (Å²) < 4.78 is 5.49. The molecule has 0 bridgehead atoms. The van der Waals surface area contributed by atoms with Crippen LogP contribution in [0.5, 0.6) is 0 Å². The standard InChI is InChI=1S/C66H121NO5/c1-3-5-7-9-11-13-15-16-17-29-33-36-40-44-48-52-56-60-66(71)72-61-57-53-49-45-41-37-34-31-28-26-24-22-20-18-19-21-23-25-27-30-32-35-39-43-47-51-55-59-65(70)67-63(62-68)64(69)58-54-50-46-42-38-14-12-10-8-6-4-2/h11,13,16-19,22,24,54,58,63-64,68-69H,3-10,12,14-15,20-21,23,25-53,55-57,59-62H2,1-2H3,(H,67,70)/b13-11-,17-16-,19-18-,24-22-,58-54+. The van der Waals surface area contributed by atoms with Crippen LogP contribution in [-0.2, 0) is 14.3 Å². The predicted octanol–water partition coefficient (Wildman–Crippen LogP) is 19.9. The molecular formula is C66H121NO5. The molecule has 0 saturated heterocycles. The molecule has 0 aromatic carbocycles. The maximum absolute atomic E-state index is 12.4. The van der Waals surface area contributed by atoms with E-state index in [0.717, 1.165) is 57.8 Å². The van der Waals surface area contributed by atoms with E-state index in [9.17, 15) is 19.8 Å². The van der Waals surface area contributed by atoms with Gasteiger partial charge in [-0.2, -0.15) is 0 Å². The zero-order chi connectivity index (χ0) is 52.2. The van der Waals surface area contributed by atoms with E-state index in [2.05, 4.69) is 67.8 Å². The minimum absolute atomic E-state index is 0.00185. The van der Waals surface area contributed by atoms with Crippen molar-refractivity contribution in [3.8, 4) is 0 Å². The fraction of sp³-hybridized carbons (Fsp3) is 0.818. The van der Waals surface area contributed by atoms with Crippen molar-refractivity contribution in [2.75, 3.05) is 13.2 Å². The van der Waals surface area contributed by atoms with Crippen LogP contribution in [0.15, 0.2) is 60.8 Å². The van der Waals surface area contributed by atoms with E-state index in [1.54, 1.807) is 6.08 Å². The van der Waals surface area contributed by atoms with E-state index in [1.807, 2.05) is 6.08 Å². The SMILES string of the molecule is CCCCC/C=C\C/C=C\CCCCCCCCCC(=O)OCCCCCCCCCCC/C=C\C/C=C\CCCCCCCCCCCCCC(=O)NC(CO)C(O)/C=C/CCCCCCCCCCC. The molecule has 2 unspecified atom stereocenters. The highest BCUT2D eigenvalue weighted by Gasteiger charge is 2.18. The number of rotatable bonds is 58. The Morgan fingerprint density at radius 3 is 1.08 bits per heavy atom. The Balaban J connectivity index is 3.42. The number of esters is 1. The second-order valence-corrected chi connectivity index (χ2v) is 21.4. The van der Waals surface area contributed by atoms with Crippen LogP contribution in [0.2, 0.25) is 0 Å². The molecule has 0 heterocycles. The molecule has 0 aliphatic carbocycles. The molecule has 0 aliphatic heterocycles. The lowest BCUT2D eigenvalue weighted by Gasteiger charge is -2.20.